The van der Waals surface area contributed by atoms with E-state index in [9.17, 15) is 31.1 Å². The second-order valence-electron chi connectivity index (χ2n) is 10.4. The Morgan fingerprint density at radius 1 is 1.21 bits per heavy atom. The minimum absolute atomic E-state index is 0.0308. The number of hydrogen-bond acceptors (Lipinski definition) is 7. The molecule has 4 aliphatic rings. The number of aliphatic hydroxyl groups is 1. The fraction of sp³-hybridized carbons (Fsp3) is 0.360. The van der Waals surface area contributed by atoms with E-state index in [0.717, 1.165) is 31.6 Å². The fourth-order valence-corrected chi connectivity index (χ4v) is 8.36. The van der Waals surface area contributed by atoms with E-state index in [1.54, 1.807) is 4.90 Å². The van der Waals surface area contributed by atoms with Crippen molar-refractivity contribution in [2.75, 3.05) is 16.3 Å². The van der Waals surface area contributed by atoms with Crippen molar-refractivity contribution in [1.82, 2.24) is 4.90 Å². The highest BCUT2D eigenvalue weighted by molar-refractivity contribution is 7.92. The molecule has 0 radical (unpaired) electrons. The van der Waals surface area contributed by atoms with E-state index in [1.165, 1.54) is 30.3 Å². The van der Waals surface area contributed by atoms with Gasteiger partial charge in [0.25, 0.3) is 15.9 Å². The summed E-state index contributed by atoms with van der Waals surface area (Å²) in [5.41, 5.74) is 0.393. The summed E-state index contributed by atoms with van der Waals surface area (Å²) in [7, 11) is -8.03. The first-order valence-electron chi connectivity index (χ1n) is 12.2. The Bertz CT molecular complexity index is 1710. The third kappa shape index (κ3) is 4.45. The van der Waals surface area contributed by atoms with Crippen molar-refractivity contribution in [2.24, 2.45) is 22.2 Å². The molecule has 2 aromatic carbocycles. The molecule has 0 aromatic heterocycles. The Kier molecular flexibility index (Phi) is 5.97. The molecular formula is C25H24ClFN4O6S2. The van der Waals surface area contributed by atoms with Crippen molar-refractivity contribution in [2.45, 2.75) is 36.7 Å². The van der Waals surface area contributed by atoms with Crippen LogP contribution in [0.3, 0.4) is 0 Å². The highest BCUT2D eigenvalue weighted by Crippen LogP contribution is 2.55. The summed E-state index contributed by atoms with van der Waals surface area (Å²) in [4.78, 5) is 15.3. The van der Waals surface area contributed by atoms with Crippen molar-refractivity contribution >= 4 is 54.8 Å². The zero-order chi connectivity index (χ0) is 27.9. The van der Waals surface area contributed by atoms with Crippen LogP contribution in [0.4, 0.5) is 15.8 Å². The van der Waals surface area contributed by atoms with Crippen LogP contribution < -0.4 is 10.0 Å². The fourth-order valence-electron chi connectivity index (χ4n) is 6.43. The molecule has 0 unspecified atom stereocenters. The van der Waals surface area contributed by atoms with Gasteiger partial charge in [-0.1, -0.05) is 17.7 Å². The molecular weight excluding hydrogens is 571 g/mol. The molecule has 0 saturated heterocycles. The highest BCUT2D eigenvalue weighted by atomic mass is 35.5. The van der Waals surface area contributed by atoms with Crippen LogP contribution in [0.5, 0.6) is 0 Å². The molecule has 39 heavy (non-hydrogen) atoms. The lowest BCUT2D eigenvalue weighted by Crippen LogP contribution is -2.53. The number of aliphatic hydroxyl groups excluding tert-OH is 1. The average molecular weight is 595 g/mol. The topological polar surface area (TPSA) is 145 Å². The maximum absolute atomic E-state index is 14.0. The molecule has 4 atom stereocenters. The number of rotatable bonds is 5. The van der Waals surface area contributed by atoms with Gasteiger partial charge < -0.3 is 15.3 Å². The largest absolute Gasteiger partial charge is 0.511 e. The minimum Gasteiger partial charge on any atom is -0.511 e. The Morgan fingerprint density at radius 2 is 1.95 bits per heavy atom. The van der Waals surface area contributed by atoms with E-state index in [1.807, 2.05) is 0 Å². The predicted molar refractivity (Wildman–Crippen MR) is 143 cm³/mol. The standard InChI is InChI=1S/C25H24ClFN4O6S2/c1-38(34,35)29-16-6-7-18-19(10-16)39(36,37)30-24(28-18)21-23(32)20-12-2-3-13(8-12)22(20)31(25(21)33)11-14-4-5-15(27)9-17(14)26/h4-7,9-10,12-13,20,22,29,32H,2-3,8,11H2,1H3,(H,28,30)/t12-,13+,20-,22+/m1/s1. The van der Waals surface area contributed by atoms with E-state index in [4.69, 9.17) is 11.6 Å². The zero-order valence-electron chi connectivity index (χ0n) is 20.6. The Hall–Kier alpha value is -3.16. The number of anilines is 2. The van der Waals surface area contributed by atoms with Gasteiger partial charge in [-0.25, -0.2) is 12.8 Å². The average Bonchev–Trinajstić information content (AvgIpc) is 3.45. The summed E-state index contributed by atoms with van der Waals surface area (Å²) in [6.07, 6.45) is 3.54. The summed E-state index contributed by atoms with van der Waals surface area (Å²) in [5, 5.41) is 14.4. The lowest BCUT2D eigenvalue weighted by atomic mass is 9.77. The van der Waals surface area contributed by atoms with Crippen molar-refractivity contribution < 1.29 is 31.1 Å². The first-order valence-corrected chi connectivity index (χ1v) is 16.0. The molecule has 10 nitrogen and oxygen atoms in total. The van der Waals surface area contributed by atoms with Crippen molar-refractivity contribution in [3.05, 3.63) is 64.1 Å². The lowest BCUT2D eigenvalue weighted by Gasteiger charge is -2.44. The van der Waals surface area contributed by atoms with E-state index < -0.39 is 37.7 Å². The van der Waals surface area contributed by atoms with Crippen LogP contribution in [-0.4, -0.2) is 50.9 Å². The highest BCUT2D eigenvalue weighted by Gasteiger charge is 2.57. The first-order chi connectivity index (χ1) is 18.3. The lowest BCUT2D eigenvalue weighted by molar-refractivity contribution is -0.134. The van der Waals surface area contributed by atoms with Crippen LogP contribution in [0.2, 0.25) is 5.02 Å². The van der Waals surface area contributed by atoms with E-state index in [0.29, 0.717) is 5.56 Å². The van der Waals surface area contributed by atoms with E-state index in [-0.39, 0.29) is 62.9 Å². The number of amides is 1. The van der Waals surface area contributed by atoms with Crippen molar-refractivity contribution in [1.29, 1.82) is 0 Å². The van der Waals surface area contributed by atoms with Gasteiger partial charge >= 0.3 is 0 Å². The first kappa shape index (κ1) is 26.1. The number of fused-ring (bicyclic) bond motifs is 6. The third-order valence-electron chi connectivity index (χ3n) is 7.90. The summed E-state index contributed by atoms with van der Waals surface area (Å²) in [6, 6.07) is 7.48. The van der Waals surface area contributed by atoms with Crippen LogP contribution in [0.15, 0.2) is 57.0 Å². The Labute approximate surface area is 229 Å². The number of nitrogens with zero attached hydrogens (tertiary/aromatic N) is 2. The van der Waals surface area contributed by atoms with Gasteiger partial charge in [0.1, 0.15) is 22.0 Å². The molecule has 2 aromatic rings. The molecule has 14 heteroatoms. The quantitative estimate of drug-likeness (QED) is 0.479. The number of benzene rings is 2. The molecule has 0 spiro atoms. The van der Waals surface area contributed by atoms with Crippen LogP contribution in [0, 0.1) is 23.6 Å². The van der Waals surface area contributed by atoms with Crippen LogP contribution in [0.1, 0.15) is 24.8 Å². The van der Waals surface area contributed by atoms with Gasteiger partial charge in [-0.2, -0.15) is 8.42 Å². The molecule has 1 amide bonds. The van der Waals surface area contributed by atoms with Gasteiger partial charge in [0, 0.05) is 29.2 Å². The van der Waals surface area contributed by atoms with Gasteiger partial charge in [0.2, 0.25) is 10.0 Å². The van der Waals surface area contributed by atoms with Crippen LogP contribution >= 0.6 is 11.6 Å². The Balaban J connectivity index is 1.42. The molecule has 2 heterocycles. The number of nitrogens with one attached hydrogen (secondary N) is 2. The summed E-state index contributed by atoms with van der Waals surface area (Å²) in [5.74, 6) is -1.74. The van der Waals surface area contributed by atoms with Crippen LogP contribution in [-0.2, 0) is 31.4 Å². The summed E-state index contributed by atoms with van der Waals surface area (Å²) >= 11 is 6.28. The second kappa shape index (κ2) is 8.93. The number of amidine groups is 1. The summed E-state index contributed by atoms with van der Waals surface area (Å²) in [6.45, 7) is 0.0518. The second-order valence-corrected chi connectivity index (χ2v) is 14.1. The summed E-state index contributed by atoms with van der Waals surface area (Å²) < 4.78 is 69.3. The normalized spacial score (nSPS) is 27.1. The predicted octanol–water partition coefficient (Wildman–Crippen LogP) is 3.63. The Morgan fingerprint density at radius 3 is 2.67 bits per heavy atom. The molecule has 3 N–H and O–H groups in total. The van der Waals surface area contributed by atoms with Gasteiger partial charge in [-0.3, -0.25) is 9.52 Å². The molecule has 2 aliphatic heterocycles. The molecule has 2 fully saturated rings. The maximum atomic E-state index is 14.0. The third-order valence-corrected chi connectivity index (χ3v) is 10.2. The molecule has 2 saturated carbocycles. The SMILES string of the molecule is CS(=O)(=O)Nc1ccc2c(c1)S(=O)(=O)N=C(C1=C(O)[C@@H]3[C@@H]4CC[C@@H](C4)[C@@H]3N(Cc3ccc(F)cc3Cl)C1=O)N2. The maximum Gasteiger partial charge on any atom is 0.286 e. The van der Waals surface area contributed by atoms with Crippen molar-refractivity contribution in [3.63, 3.8) is 0 Å². The minimum atomic E-state index is -4.37. The molecule has 6 rings (SSSR count). The van der Waals surface area contributed by atoms with Gasteiger partial charge in [0.15, 0.2) is 5.84 Å². The van der Waals surface area contributed by atoms with Gasteiger partial charge in [-0.15, -0.1) is 4.40 Å². The van der Waals surface area contributed by atoms with Crippen molar-refractivity contribution in [3.8, 4) is 0 Å². The molecule has 2 aliphatic carbocycles. The van der Waals surface area contributed by atoms with Gasteiger partial charge in [-0.05, 0) is 67.0 Å². The van der Waals surface area contributed by atoms with E-state index in [2.05, 4.69) is 14.4 Å². The zero-order valence-corrected chi connectivity index (χ0v) is 22.9. The monoisotopic (exact) mass is 594 g/mol. The smallest absolute Gasteiger partial charge is 0.286 e. The molecule has 206 valence electrons. The van der Waals surface area contributed by atoms with Crippen LogP contribution in [0.25, 0.3) is 0 Å². The number of sulfonamides is 2. The van der Waals surface area contributed by atoms with Gasteiger partial charge in [0.05, 0.1) is 11.9 Å². The number of carbonyl (C=O) groups is 1. The molecule has 2 bridgehead atoms. The number of carbonyl (C=O) groups excluding carboxylic acids is 1. The van der Waals surface area contributed by atoms with E-state index >= 15 is 0 Å². The number of halogens is 2. The number of hydrogen-bond donors (Lipinski definition) is 3.